The maximum absolute atomic E-state index is 9.76. The highest BCUT2D eigenvalue weighted by Gasteiger charge is 2.09. The molecule has 108 valence electrons. The third-order valence-corrected chi connectivity index (χ3v) is 3.24. The van der Waals surface area contributed by atoms with Crippen molar-refractivity contribution in [2.24, 2.45) is 0 Å². The highest BCUT2D eigenvalue weighted by atomic mass is 79.9. The van der Waals surface area contributed by atoms with Gasteiger partial charge in [0, 0.05) is 24.2 Å². The van der Waals surface area contributed by atoms with Crippen LogP contribution in [-0.4, -0.2) is 44.7 Å². The normalized spacial score (nSPS) is 14.3. The first-order chi connectivity index (χ1) is 9.13. The molecule has 0 aliphatic heterocycles. The lowest BCUT2D eigenvalue weighted by Crippen LogP contribution is -2.32. The minimum atomic E-state index is -0.508. The van der Waals surface area contributed by atoms with E-state index in [1.165, 1.54) is 5.56 Å². The number of halogens is 1. The molecule has 1 aromatic rings. The van der Waals surface area contributed by atoms with Crippen molar-refractivity contribution in [3.05, 3.63) is 34.3 Å². The van der Waals surface area contributed by atoms with Crippen LogP contribution in [-0.2, 0) is 9.47 Å². The molecule has 0 radical (unpaired) electrons. The van der Waals surface area contributed by atoms with E-state index in [9.17, 15) is 5.11 Å². The maximum atomic E-state index is 9.76. The first-order valence-electron chi connectivity index (χ1n) is 6.37. The van der Waals surface area contributed by atoms with Gasteiger partial charge in [0.25, 0.3) is 0 Å². The van der Waals surface area contributed by atoms with Crippen molar-refractivity contribution in [2.75, 3.05) is 33.5 Å². The summed E-state index contributed by atoms with van der Waals surface area (Å²) in [6.07, 6.45) is -0.508. The molecule has 5 heteroatoms. The Kier molecular flexibility index (Phi) is 8.25. The molecular formula is C14H22BrNO3. The van der Waals surface area contributed by atoms with Gasteiger partial charge in [-0.15, -0.1) is 0 Å². The summed E-state index contributed by atoms with van der Waals surface area (Å²) in [6, 6.07) is 8.31. The van der Waals surface area contributed by atoms with Crippen molar-refractivity contribution < 1.29 is 14.6 Å². The summed E-state index contributed by atoms with van der Waals surface area (Å²) in [6.45, 7) is 3.95. The average molecular weight is 332 g/mol. The lowest BCUT2D eigenvalue weighted by atomic mass is 10.1. The van der Waals surface area contributed by atoms with E-state index in [1.54, 1.807) is 7.11 Å². The third-order valence-electron chi connectivity index (χ3n) is 2.75. The van der Waals surface area contributed by atoms with Gasteiger partial charge < -0.3 is 19.9 Å². The van der Waals surface area contributed by atoms with Gasteiger partial charge in [0.2, 0.25) is 0 Å². The van der Waals surface area contributed by atoms with E-state index in [4.69, 9.17) is 9.47 Å². The van der Waals surface area contributed by atoms with Gasteiger partial charge in [-0.2, -0.15) is 0 Å². The van der Waals surface area contributed by atoms with Crippen molar-refractivity contribution in [1.82, 2.24) is 5.32 Å². The number of ether oxygens (including phenoxy) is 2. The zero-order valence-corrected chi connectivity index (χ0v) is 13.0. The number of hydrogen-bond donors (Lipinski definition) is 2. The number of benzene rings is 1. The van der Waals surface area contributed by atoms with Gasteiger partial charge in [-0.1, -0.05) is 28.1 Å². The fraction of sp³-hybridized carbons (Fsp3) is 0.571. The van der Waals surface area contributed by atoms with Crippen LogP contribution < -0.4 is 5.32 Å². The molecule has 0 amide bonds. The molecule has 0 aliphatic rings. The van der Waals surface area contributed by atoms with Crippen LogP contribution in [0.1, 0.15) is 18.5 Å². The van der Waals surface area contributed by atoms with Crippen molar-refractivity contribution in [2.45, 2.75) is 19.1 Å². The highest BCUT2D eigenvalue weighted by Crippen LogP contribution is 2.17. The molecule has 2 atom stereocenters. The van der Waals surface area contributed by atoms with Crippen LogP contribution in [0.25, 0.3) is 0 Å². The van der Waals surface area contributed by atoms with Crippen molar-refractivity contribution in [3.8, 4) is 0 Å². The Morgan fingerprint density at radius 2 is 2.16 bits per heavy atom. The molecule has 0 bridgehead atoms. The molecular weight excluding hydrogens is 310 g/mol. The van der Waals surface area contributed by atoms with E-state index in [0.29, 0.717) is 26.4 Å². The molecule has 0 fully saturated rings. The summed E-state index contributed by atoms with van der Waals surface area (Å²) < 4.78 is 11.2. The largest absolute Gasteiger partial charge is 0.389 e. The van der Waals surface area contributed by atoms with Gasteiger partial charge >= 0.3 is 0 Å². The molecule has 0 heterocycles. The molecule has 2 N–H and O–H groups in total. The molecule has 4 nitrogen and oxygen atoms in total. The Hall–Kier alpha value is -0.460. The molecule has 0 saturated heterocycles. The average Bonchev–Trinajstić information content (AvgIpc) is 2.41. The molecule has 1 unspecified atom stereocenters. The summed E-state index contributed by atoms with van der Waals surface area (Å²) >= 11 is 3.45. The lowest BCUT2D eigenvalue weighted by molar-refractivity contribution is 0.0130. The topological polar surface area (TPSA) is 50.7 Å². The highest BCUT2D eigenvalue weighted by molar-refractivity contribution is 9.10. The number of nitrogens with one attached hydrogen (secondary N) is 1. The van der Waals surface area contributed by atoms with E-state index < -0.39 is 6.10 Å². The SMILES string of the molecule is COCCOCC(O)CN[C@@H](C)c1cccc(Br)c1. The first-order valence-corrected chi connectivity index (χ1v) is 7.16. The summed E-state index contributed by atoms with van der Waals surface area (Å²) in [5, 5.41) is 13.0. The zero-order valence-electron chi connectivity index (χ0n) is 11.4. The second-order valence-electron chi connectivity index (χ2n) is 4.41. The molecule has 19 heavy (non-hydrogen) atoms. The van der Waals surface area contributed by atoms with Crippen LogP contribution in [0.15, 0.2) is 28.7 Å². The number of aliphatic hydroxyl groups excluding tert-OH is 1. The second-order valence-corrected chi connectivity index (χ2v) is 5.32. The van der Waals surface area contributed by atoms with E-state index in [1.807, 2.05) is 12.1 Å². The van der Waals surface area contributed by atoms with E-state index >= 15 is 0 Å². The van der Waals surface area contributed by atoms with E-state index in [2.05, 4.69) is 40.3 Å². The minimum Gasteiger partial charge on any atom is -0.389 e. The summed E-state index contributed by atoms with van der Waals surface area (Å²) in [5.41, 5.74) is 1.18. The van der Waals surface area contributed by atoms with Gasteiger partial charge in [-0.05, 0) is 24.6 Å². The van der Waals surface area contributed by atoms with Crippen molar-refractivity contribution >= 4 is 15.9 Å². The van der Waals surface area contributed by atoms with Crippen LogP contribution in [0.4, 0.5) is 0 Å². The Balaban J connectivity index is 2.24. The molecule has 0 saturated carbocycles. The molecule has 1 rings (SSSR count). The molecule has 0 spiro atoms. The second kappa shape index (κ2) is 9.44. The van der Waals surface area contributed by atoms with Gasteiger partial charge in [-0.25, -0.2) is 0 Å². The monoisotopic (exact) mass is 331 g/mol. The number of hydrogen-bond acceptors (Lipinski definition) is 4. The molecule has 0 aliphatic carbocycles. The first kappa shape index (κ1) is 16.6. The fourth-order valence-electron chi connectivity index (χ4n) is 1.63. The van der Waals surface area contributed by atoms with Crippen molar-refractivity contribution in [3.63, 3.8) is 0 Å². The standard InChI is InChI=1S/C14H22BrNO3/c1-11(12-4-3-5-13(15)8-12)16-9-14(17)10-19-7-6-18-2/h3-5,8,11,14,16-17H,6-7,9-10H2,1-2H3/t11-,14?/m0/s1. The summed E-state index contributed by atoms with van der Waals surface area (Å²) in [7, 11) is 1.63. The van der Waals surface area contributed by atoms with Crippen molar-refractivity contribution in [1.29, 1.82) is 0 Å². The number of methoxy groups -OCH3 is 1. The van der Waals surface area contributed by atoms with Crippen LogP contribution in [0, 0.1) is 0 Å². The third kappa shape index (κ3) is 7.03. The van der Waals surface area contributed by atoms with Crippen LogP contribution >= 0.6 is 15.9 Å². The van der Waals surface area contributed by atoms with Gasteiger partial charge in [0.15, 0.2) is 0 Å². The maximum Gasteiger partial charge on any atom is 0.0897 e. The molecule has 1 aromatic carbocycles. The fourth-order valence-corrected chi connectivity index (χ4v) is 2.04. The van der Waals surface area contributed by atoms with Gasteiger partial charge in [0.1, 0.15) is 0 Å². The molecule has 0 aromatic heterocycles. The Morgan fingerprint density at radius 1 is 1.37 bits per heavy atom. The quantitative estimate of drug-likeness (QED) is 0.680. The van der Waals surface area contributed by atoms with E-state index in [0.717, 1.165) is 4.47 Å². The Bertz CT molecular complexity index is 362. The number of aliphatic hydroxyl groups is 1. The van der Waals surface area contributed by atoms with Gasteiger partial charge in [-0.3, -0.25) is 0 Å². The predicted octanol–water partition coefficient (Wildman–Crippen LogP) is 2.12. The minimum absolute atomic E-state index is 0.186. The smallest absolute Gasteiger partial charge is 0.0897 e. The summed E-state index contributed by atoms with van der Waals surface area (Å²) in [5.74, 6) is 0. The Labute approximate surface area is 123 Å². The summed E-state index contributed by atoms with van der Waals surface area (Å²) in [4.78, 5) is 0. The van der Waals surface area contributed by atoms with Crippen LogP contribution in [0.2, 0.25) is 0 Å². The van der Waals surface area contributed by atoms with E-state index in [-0.39, 0.29) is 6.04 Å². The van der Waals surface area contributed by atoms with Crippen LogP contribution in [0.5, 0.6) is 0 Å². The van der Waals surface area contributed by atoms with Crippen LogP contribution in [0.3, 0.4) is 0 Å². The predicted molar refractivity (Wildman–Crippen MR) is 79.3 cm³/mol. The lowest BCUT2D eigenvalue weighted by Gasteiger charge is -2.17. The number of rotatable bonds is 9. The van der Waals surface area contributed by atoms with Gasteiger partial charge in [0.05, 0.1) is 25.9 Å². The zero-order chi connectivity index (χ0) is 14.1. The Morgan fingerprint density at radius 3 is 2.84 bits per heavy atom.